The predicted molar refractivity (Wildman–Crippen MR) is 550 cm³/mol. The van der Waals surface area contributed by atoms with Crippen molar-refractivity contribution in [1.29, 1.82) is 0 Å². The maximum absolute atomic E-state index is 2.50. The quantitative estimate of drug-likeness (QED) is 0.120. The van der Waals surface area contributed by atoms with Gasteiger partial charge in [-0.15, -0.1) is 0 Å². The third kappa shape index (κ3) is 12.8. The first-order chi connectivity index (χ1) is 63.0. The molecule has 0 atom stereocenters. The number of hydrogen-bond donors (Lipinski definition) is 0. The van der Waals surface area contributed by atoms with E-state index in [1.165, 1.54) is 216 Å². The topological polar surface area (TPSA) is 9.72 Å². The molecule has 616 valence electrons. The molecule has 0 saturated carbocycles. The molecular weight excluding hydrogens is 1560 g/mol. The van der Waals surface area contributed by atoms with Crippen LogP contribution in [0.2, 0.25) is 0 Å². The Hall–Kier alpha value is -15.4. The van der Waals surface area contributed by atoms with Crippen molar-refractivity contribution in [2.45, 2.75) is 77.0 Å². The van der Waals surface area contributed by atoms with Crippen LogP contribution in [0.3, 0.4) is 0 Å². The van der Waals surface area contributed by atoms with Crippen LogP contribution in [0.25, 0.3) is 131 Å². The molecule has 0 bridgehead atoms. The van der Waals surface area contributed by atoms with Crippen LogP contribution in [-0.4, -0.2) is 0 Å². The first-order valence-electron chi connectivity index (χ1n) is 45.4. The summed E-state index contributed by atoms with van der Waals surface area (Å²) in [6, 6.07) is 163. The molecule has 0 aliphatic heterocycles. The highest BCUT2D eigenvalue weighted by atomic mass is 15.2. The van der Waals surface area contributed by atoms with Crippen LogP contribution in [0.15, 0.2) is 443 Å². The number of anilines is 9. The Morgan fingerprint density at radius 1 is 0.140 bits per heavy atom. The lowest BCUT2D eigenvalue weighted by Crippen LogP contribution is -2.18. The van der Waals surface area contributed by atoms with E-state index in [1.54, 1.807) is 0 Å². The average Bonchev–Trinajstić information content (AvgIpc) is 1.03. The van der Waals surface area contributed by atoms with Gasteiger partial charge in [0, 0.05) is 71.8 Å². The van der Waals surface area contributed by atoms with Crippen molar-refractivity contribution in [2.24, 2.45) is 0 Å². The Kier molecular flexibility index (Phi) is 18.7. The minimum Gasteiger partial charge on any atom is -0.310 e. The van der Waals surface area contributed by atoms with Crippen LogP contribution in [0.5, 0.6) is 0 Å². The Bertz CT molecular complexity index is 7960. The minimum atomic E-state index is -0.0818. The summed E-state index contributed by atoms with van der Waals surface area (Å²) in [6.45, 7) is 18.9. The highest BCUT2D eigenvalue weighted by Gasteiger charge is 2.41. The van der Waals surface area contributed by atoms with E-state index in [9.17, 15) is 0 Å². The Balaban J connectivity index is 0.000000111. The van der Waals surface area contributed by atoms with Crippen molar-refractivity contribution >= 4 is 116 Å². The smallest absolute Gasteiger partial charge is 0.0540 e. The van der Waals surface area contributed by atoms with E-state index in [0.717, 1.165) is 11.4 Å². The van der Waals surface area contributed by atoms with E-state index in [2.05, 4.69) is 513 Å². The van der Waals surface area contributed by atoms with E-state index in [0.29, 0.717) is 0 Å². The van der Waals surface area contributed by atoms with E-state index in [4.69, 9.17) is 0 Å². The van der Waals surface area contributed by atoms with Crippen molar-refractivity contribution in [3.63, 3.8) is 0 Å². The number of para-hydroxylation sites is 1. The molecule has 4 aliphatic carbocycles. The number of hydrogen-bond acceptors (Lipinski definition) is 3. The average molecular weight is 1650 g/mol. The van der Waals surface area contributed by atoms with Gasteiger partial charge in [-0.2, -0.15) is 0 Å². The molecule has 0 heterocycles. The zero-order chi connectivity index (χ0) is 87.0. The second-order valence-electron chi connectivity index (χ2n) is 37.4. The fraction of sp³-hybridized carbons (Fsp3) is 0.0952. The molecule has 0 radical (unpaired) electrons. The van der Waals surface area contributed by atoms with Gasteiger partial charge in [0.1, 0.15) is 0 Å². The first-order valence-corrected chi connectivity index (χ1v) is 45.4. The van der Waals surface area contributed by atoms with Crippen molar-refractivity contribution in [3.05, 3.63) is 487 Å². The summed E-state index contributed by atoms with van der Waals surface area (Å²) in [6.07, 6.45) is 0. The molecule has 3 heteroatoms. The fourth-order valence-electron chi connectivity index (χ4n) is 22.2. The summed E-state index contributed by atoms with van der Waals surface area (Å²) in [5.74, 6) is 0. The third-order valence-electron chi connectivity index (χ3n) is 28.8. The lowest BCUT2D eigenvalue weighted by Gasteiger charge is -2.30. The van der Waals surface area contributed by atoms with E-state index in [1.807, 2.05) is 0 Å². The Morgan fingerprint density at radius 2 is 0.388 bits per heavy atom. The van der Waals surface area contributed by atoms with Crippen LogP contribution < -0.4 is 14.7 Å². The van der Waals surface area contributed by atoms with Gasteiger partial charge < -0.3 is 14.7 Å². The summed E-state index contributed by atoms with van der Waals surface area (Å²) in [5, 5.41) is 15.2. The first kappa shape index (κ1) is 78.3. The van der Waals surface area contributed by atoms with Gasteiger partial charge in [0.25, 0.3) is 0 Å². The van der Waals surface area contributed by atoms with E-state index >= 15 is 0 Å². The highest BCUT2D eigenvalue weighted by Crippen LogP contribution is 2.58. The molecule has 129 heavy (non-hydrogen) atoms. The fourth-order valence-corrected chi connectivity index (χ4v) is 22.2. The molecule has 0 spiro atoms. The molecule has 3 nitrogen and oxygen atoms in total. The highest BCUT2D eigenvalue weighted by molar-refractivity contribution is 6.16. The lowest BCUT2D eigenvalue weighted by molar-refractivity contribution is 0.660. The Morgan fingerprint density at radius 3 is 0.752 bits per heavy atom. The van der Waals surface area contributed by atoms with Gasteiger partial charge in [-0.3, -0.25) is 0 Å². The van der Waals surface area contributed by atoms with Crippen molar-refractivity contribution in [3.8, 4) is 66.8 Å². The van der Waals surface area contributed by atoms with Crippen molar-refractivity contribution in [2.75, 3.05) is 14.7 Å². The minimum absolute atomic E-state index is 0.0697. The molecule has 0 amide bonds. The van der Waals surface area contributed by atoms with Gasteiger partial charge in [-0.05, 0) is 239 Å². The lowest BCUT2D eigenvalue weighted by atomic mass is 9.82. The molecule has 0 fully saturated rings. The maximum atomic E-state index is 2.50. The summed E-state index contributed by atoms with van der Waals surface area (Å²) in [5.41, 5.74) is 36.9. The normalized spacial score (nSPS) is 13.8. The van der Waals surface area contributed by atoms with Gasteiger partial charge in [-0.1, -0.05) is 413 Å². The molecule has 0 saturated heterocycles. The molecule has 0 aromatic heterocycles. The largest absolute Gasteiger partial charge is 0.310 e. The van der Waals surface area contributed by atoms with Gasteiger partial charge >= 0.3 is 0 Å². The second kappa shape index (κ2) is 30.7. The van der Waals surface area contributed by atoms with Gasteiger partial charge in [-0.25, -0.2) is 0 Å². The number of rotatable bonds is 11. The third-order valence-corrected chi connectivity index (χ3v) is 28.8. The molecule has 21 aromatic carbocycles. The maximum Gasteiger partial charge on any atom is 0.0540 e. The van der Waals surface area contributed by atoms with Gasteiger partial charge in [0.15, 0.2) is 0 Å². The van der Waals surface area contributed by atoms with E-state index in [-0.39, 0.29) is 21.7 Å². The van der Waals surface area contributed by atoms with Crippen LogP contribution in [-0.2, 0) is 21.7 Å². The van der Waals surface area contributed by atoms with Crippen molar-refractivity contribution < 1.29 is 0 Å². The second-order valence-corrected chi connectivity index (χ2v) is 37.4. The molecule has 25 rings (SSSR count). The number of fused-ring (bicyclic) bond motifs is 21. The molecule has 0 N–H and O–H groups in total. The monoisotopic (exact) mass is 1650 g/mol. The summed E-state index contributed by atoms with van der Waals surface area (Å²) in [4.78, 5) is 7.40. The molecule has 21 aromatic rings. The van der Waals surface area contributed by atoms with Crippen molar-refractivity contribution in [1.82, 2.24) is 0 Å². The SMILES string of the molecule is CC1(C)c2ccccc2-c2ccc(N(c3ccc(-c4ccccc4)cc3)c3cccc4c3ccc3ccccc34)cc21.CC1(C)c2ccccc2-c2ccc(N(c3ccc4c(c3)C(C)(C)c3ccccc3-4)c3cccc4c3ccc3ccccc34)cc21.CC1(C)c2ccccc2-c2ccc(N(c3ccccc3-c3ccccc3)c3cccc4c3ccc3ccccc34)cc21. The zero-order valence-electron chi connectivity index (χ0n) is 74.0. The number of nitrogens with zero attached hydrogens (tertiary/aromatic N) is 3. The summed E-state index contributed by atoms with van der Waals surface area (Å²) in [7, 11) is 0. The predicted octanol–water partition coefficient (Wildman–Crippen LogP) is 34.9. The van der Waals surface area contributed by atoms with E-state index < -0.39 is 0 Å². The Labute approximate surface area is 756 Å². The number of benzene rings is 21. The van der Waals surface area contributed by atoms with Crippen LogP contribution in [0.4, 0.5) is 51.2 Å². The van der Waals surface area contributed by atoms with Gasteiger partial charge in [0.05, 0.1) is 22.7 Å². The molecular formula is C126H97N3. The van der Waals surface area contributed by atoms with Gasteiger partial charge in [0.2, 0.25) is 0 Å². The summed E-state index contributed by atoms with van der Waals surface area (Å²) < 4.78 is 0. The molecule has 0 unspecified atom stereocenters. The standard InChI is InChI=1S/C44H35N.2C41H31N/c1-43(2)38-17-9-7-14-33(38)35-24-21-29(26-40(35)43)45(42-19-11-16-32-31-13-6-5-12-28(31)20-23-37(32)42)30-22-25-36-34-15-8-10-18-39(34)44(3,4)41(36)27-30;1-41(2)37-20-10-8-18-34(37)35-26-24-30(27-38(35)41)42(39-21-11-9-17-32(39)28-13-4-3-5-14-28)40-22-12-19-33-31-16-7-6-15-29(31)23-25-36(33)40;1-41(2)38-17-9-8-15-35(38)36-26-24-32(27-39(36)41)42(31-22-19-29(20-23-31)28-11-4-3-5-12-28)40-18-10-16-34-33-14-7-6-13-30(33)21-25-37(34)40/h5-27H,1-4H3;2*3-27H,1-2H3. The van der Waals surface area contributed by atoms with Crippen LogP contribution in [0.1, 0.15) is 99.9 Å². The van der Waals surface area contributed by atoms with Crippen LogP contribution in [0, 0.1) is 0 Å². The van der Waals surface area contributed by atoms with Crippen LogP contribution >= 0.6 is 0 Å². The summed E-state index contributed by atoms with van der Waals surface area (Å²) >= 11 is 0. The zero-order valence-corrected chi connectivity index (χ0v) is 74.0. The molecule has 4 aliphatic rings.